The summed E-state index contributed by atoms with van der Waals surface area (Å²) in [7, 11) is 0. The quantitative estimate of drug-likeness (QED) is 0.700. The molecule has 0 unspecified atom stereocenters. The highest BCUT2D eigenvalue weighted by Gasteiger charge is 1.98. The van der Waals surface area contributed by atoms with E-state index < -0.39 is 0 Å². The molecule has 0 radical (unpaired) electrons. The van der Waals surface area contributed by atoms with Crippen LogP contribution in [0.5, 0.6) is 0 Å². The van der Waals surface area contributed by atoms with Gasteiger partial charge < -0.3 is 11.5 Å². The Kier molecular flexibility index (Phi) is 2.88. The number of hydrogen-bond acceptors (Lipinski definition) is 2. The molecule has 0 fully saturated rings. The Hall–Kier alpha value is -1.28. The molecular formula is C10H14N2. The van der Waals surface area contributed by atoms with E-state index in [4.69, 9.17) is 11.5 Å². The van der Waals surface area contributed by atoms with Gasteiger partial charge >= 0.3 is 0 Å². The predicted molar refractivity (Wildman–Crippen MR) is 51.4 cm³/mol. The summed E-state index contributed by atoms with van der Waals surface area (Å²) < 4.78 is 0. The highest BCUT2D eigenvalue weighted by atomic mass is 14.6. The summed E-state index contributed by atoms with van der Waals surface area (Å²) in [5.41, 5.74) is 14.1. The fraction of sp³-hybridized carbons (Fsp3) is 0.200. The Labute approximate surface area is 72.9 Å². The Bertz CT molecular complexity index is 279. The van der Waals surface area contributed by atoms with Gasteiger partial charge in [0.25, 0.3) is 0 Å². The van der Waals surface area contributed by atoms with Gasteiger partial charge in [0, 0.05) is 18.7 Å². The first-order chi connectivity index (χ1) is 5.74. The topological polar surface area (TPSA) is 52.0 Å². The van der Waals surface area contributed by atoms with Crippen LogP contribution in [0.15, 0.2) is 36.5 Å². The lowest BCUT2D eigenvalue weighted by Gasteiger charge is -2.06. The van der Waals surface area contributed by atoms with E-state index in [2.05, 4.69) is 6.58 Å². The third-order valence-corrected chi connectivity index (χ3v) is 1.76. The molecule has 0 atom stereocenters. The molecule has 0 aliphatic rings. The molecular weight excluding hydrogens is 148 g/mol. The highest BCUT2D eigenvalue weighted by Crippen LogP contribution is 2.09. The lowest BCUT2D eigenvalue weighted by molar-refractivity contribution is 1.00. The fourth-order valence-electron chi connectivity index (χ4n) is 1.17. The number of nitrogens with two attached hydrogens (primary N) is 2. The van der Waals surface area contributed by atoms with Crippen LogP contribution in [-0.4, -0.2) is 0 Å². The van der Waals surface area contributed by atoms with Crippen molar-refractivity contribution >= 4 is 0 Å². The largest absolute Gasteiger partial charge is 0.402 e. The lowest BCUT2D eigenvalue weighted by atomic mass is 10.0. The molecule has 0 aromatic heterocycles. The standard InChI is InChI=1S/C10H14N2/c1-8(12)6-9-4-2-3-5-10(9)7-11/h2-5H,1,6-7,11-12H2. The van der Waals surface area contributed by atoms with Crippen molar-refractivity contribution in [2.24, 2.45) is 11.5 Å². The number of hydrogen-bond donors (Lipinski definition) is 2. The molecule has 0 saturated carbocycles. The highest BCUT2D eigenvalue weighted by molar-refractivity contribution is 5.29. The average molecular weight is 162 g/mol. The van der Waals surface area contributed by atoms with Crippen LogP contribution in [0.3, 0.4) is 0 Å². The number of allylic oxidation sites excluding steroid dienone is 1. The van der Waals surface area contributed by atoms with E-state index in [0.29, 0.717) is 18.7 Å². The molecule has 0 aliphatic carbocycles. The van der Waals surface area contributed by atoms with Gasteiger partial charge in [0.1, 0.15) is 0 Å². The Balaban J connectivity index is 2.89. The van der Waals surface area contributed by atoms with Crippen LogP contribution >= 0.6 is 0 Å². The number of rotatable bonds is 3. The summed E-state index contributed by atoms with van der Waals surface area (Å²) in [5, 5.41) is 0. The minimum atomic E-state index is 0.559. The molecule has 0 aliphatic heterocycles. The van der Waals surface area contributed by atoms with Crippen LogP contribution in [0.2, 0.25) is 0 Å². The van der Waals surface area contributed by atoms with Crippen LogP contribution in [0, 0.1) is 0 Å². The van der Waals surface area contributed by atoms with Crippen molar-refractivity contribution < 1.29 is 0 Å². The minimum absolute atomic E-state index is 0.559. The number of benzene rings is 1. The Morgan fingerprint density at radius 1 is 1.25 bits per heavy atom. The summed E-state index contributed by atoms with van der Waals surface area (Å²) in [6.45, 7) is 4.22. The van der Waals surface area contributed by atoms with Crippen LogP contribution in [-0.2, 0) is 13.0 Å². The van der Waals surface area contributed by atoms with Crippen molar-refractivity contribution in [3.63, 3.8) is 0 Å². The van der Waals surface area contributed by atoms with Gasteiger partial charge in [-0.1, -0.05) is 30.8 Å². The zero-order valence-electron chi connectivity index (χ0n) is 7.09. The van der Waals surface area contributed by atoms with Crippen LogP contribution < -0.4 is 11.5 Å². The van der Waals surface area contributed by atoms with Gasteiger partial charge in [-0.3, -0.25) is 0 Å². The van der Waals surface area contributed by atoms with Gasteiger partial charge in [0.2, 0.25) is 0 Å². The van der Waals surface area contributed by atoms with Gasteiger partial charge in [-0.15, -0.1) is 0 Å². The van der Waals surface area contributed by atoms with Crippen molar-refractivity contribution in [3.8, 4) is 0 Å². The van der Waals surface area contributed by atoms with E-state index in [1.54, 1.807) is 0 Å². The van der Waals surface area contributed by atoms with Crippen LogP contribution in [0.25, 0.3) is 0 Å². The first kappa shape index (κ1) is 8.81. The first-order valence-electron chi connectivity index (χ1n) is 3.94. The van der Waals surface area contributed by atoms with E-state index in [1.807, 2.05) is 24.3 Å². The summed E-state index contributed by atoms with van der Waals surface area (Å²) >= 11 is 0. The second-order valence-corrected chi connectivity index (χ2v) is 2.81. The third kappa shape index (κ3) is 2.10. The molecule has 1 aromatic carbocycles. The van der Waals surface area contributed by atoms with Crippen molar-refractivity contribution in [2.75, 3.05) is 0 Å². The van der Waals surface area contributed by atoms with E-state index in [9.17, 15) is 0 Å². The maximum absolute atomic E-state index is 5.56. The SMILES string of the molecule is C=C(N)Cc1ccccc1CN. The second-order valence-electron chi connectivity index (χ2n) is 2.81. The monoisotopic (exact) mass is 162 g/mol. The Morgan fingerprint density at radius 3 is 2.33 bits per heavy atom. The van der Waals surface area contributed by atoms with Gasteiger partial charge in [-0.2, -0.15) is 0 Å². The van der Waals surface area contributed by atoms with E-state index in [0.717, 1.165) is 5.56 Å². The first-order valence-corrected chi connectivity index (χ1v) is 3.94. The van der Waals surface area contributed by atoms with Crippen molar-refractivity contribution in [2.45, 2.75) is 13.0 Å². The molecule has 0 bridgehead atoms. The summed E-state index contributed by atoms with van der Waals surface area (Å²) in [6.07, 6.45) is 0.716. The molecule has 4 N–H and O–H groups in total. The van der Waals surface area contributed by atoms with Crippen LogP contribution in [0.1, 0.15) is 11.1 Å². The fourth-order valence-corrected chi connectivity index (χ4v) is 1.17. The van der Waals surface area contributed by atoms with E-state index in [1.165, 1.54) is 5.56 Å². The van der Waals surface area contributed by atoms with Crippen molar-refractivity contribution in [1.29, 1.82) is 0 Å². The predicted octanol–water partition coefficient (Wildman–Crippen LogP) is 1.16. The Morgan fingerprint density at radius 2 is 1.83 bits per heavy atom. The zero-order chi connectivity index (χ0) is 8.97. The third-order valence-electron chi connectivity index (χ3n) is 1.76. The average Bonchev–Trinajstić information content (AvgIpc) is 2.04. The molecule has 0 spiro atoms. The van der Waals surface area contributed by atoms with Gasteiger partial charge in [-0.05, 0) is 11.1 Å². The zero-order valence-corrected chi connectivity index (χ0v) is 7.09. The molecule has 0 amide bonds. The molecule has 0 saturated heterocycles. The van der Waals surface area contributed by atoms with Gasteiger partial charge in [-0.25, -0.2) is 0 Å². The summed E-state index contributed by atoms with van der Waals surface area (Å²) in [4.78, 5) is 0. The molecule has 1 rings (SSSR count). The molecule has 0 heterocycles. The minimum Gasteiger partial charge on any atom is -0.402 e. The van der Waals surface area contributed by atoms with Gasteiger partial charge in [0.05, 0.1) is 0 Å². The van der Waals surface area contributed by atoms with E-state index >= 15 is 0 Å². The molecule has 12 heavy (non-hydrogen) atoms. The molecule has 1 aromatic rings. The van der Waals surface area contributed by atoms with Crippen LogP contribution in [0.4, 0.5) is 0 Å². The summed E-state index contributed by atoms with van der Waals surface area (Å²) in [5.74, 6) is 0. The lowest BCUT2D eigenvalue weighted by Crippen LogP contribution is -2.05. The maximum Gasteiger partial charge on any atom is 0.0180 e. The molecule has 2 nitrogen and oxygen atoms in total. The van der Waals surface area contributed by atoms with Gasteiger partial charge in [0.15, 0.2) is 0 Å². The smallest absolute Gasteiger partial charge is 0.0180 e. The van der Waals surface area contributed by atoms with E-state index in [-0.39, 0.29) is 0 Å². The molecule has 64 valence electrons. The van der Waals surface area contributed by atoms with Crippen molar-refractivity contribution in [1.82, 2.24) is 0 Å². The second kappa shape index (κ2) is 3.93. The molecule has 2 heteroatoms. The normalized spacial score (nSPS) is 9.75. The summed E-state index contributed by atoms with van der Waals surface area (Å²) in [6, 6.07) is 8.00. The maximum atomic E-state index is 5.56. The van der Waals surface area contributed by atoms with Crippen molar-refractivity contribution in [3.05, 3.63) is 47.7 Å².